The van der Waals surface area contributed by atoms with Gasteiger partial charge in [-0.1, -0.05) is 60.1 Å². The minimum Gasteiger partial charge on any atom is -0.289 e. The number of hydroxylamine groups is 2. The number of hydrogen-bond acceptors (Lipinski definition) is 5. The number of benzene rings is 3. The summed E-state index contributed by atoms with van der Waals surface area (Å²) in [5.74, 6) is 0.494. The molecular formula is C28H20ClN5O2. The standard InChI is InChI=1S/C28H20ClN5O2/c29-22-10-12-23(13-11-22)33-26(21-8-6-19(7-9-21)20-14-16-32(36)17-15-20)31-27-25(28(33)35)18-30-34(27)24-4-2-1-3-5-24/h1-16,18,36H,17H2. The van der Waals surface area contributed by atoms with Crippen molar-refractivity contribution < 1.29 is 5.21 Å². The van der Waals surface area contributed by atoms with E-state index in [-0.39, 0.29) is 5.56 Å². The van der Waals surface area contributed by atoms with Gasteiger partial charge in [0.1, 0.15) is 11.2 Å². The van der Waals surface area contributed by atoms with E-state index in [1.165, 1.54) is 0 Å². The van der Waals surface area contributed by atoms with Crippen molar-refractivity contribution >= 4 is 28.2 Å². The molecule has 0 spiro atoms. The molecule has 5 aromatic rings. The number of para-hydroxylation sites is 1. The van der Waals surface area contributed by atoms with Crippen LogP contribution in [0.5, 0.6) is 0 Å². The predicted octanol–water partition coefficient (Wildman–Crippen LogP) is 5.49. The number of allylic oxidation sites excluding steroid dienone is 2. The minimum absolute atomic E-state index is 0.218. The number of fused-ring (bicyclic) bond motifs is 1. The number of nitrogens with zero attached hydrogens (tertiary/aromatic N) is 5. The fraction of sp³-hybridized carbons (Fsp3) is 0.0357. The number of halogens is 1. The van der Waals surface area contributed by atoms with E-state index >= 15 is 0 Å². The second-order valence-electron chi connectivity index (χ2n) is 8.36. The highest BCUT2D eigenvalue weighted by atomic mass is 35.5. The van der Waals surface area contributed by atoms with Gasteiger partial charge in [0.05, 0.1) is 24.1 Å². The third-order valence-corrected chi connectivity index (χ3v) is 6.34. The van der Waals surface area contributed by atoms with Crippen LogP contribution in [0.25, 0.3) is 39.4 Å². The van der Waals surface area contributed by atoms with Crippen LogP contribution in [0.2, 0.25) is 5.02 Å². The van der Waals surface area contributed by atoms with Crippen LogP contribution in [0.3, 0.4) is 0 Å². The van der Waals surface area contributed by atoms with Gasteiger partial charge in [0.2, 0.25) is 0 Å². The summed E-state index contributed by atoms with van der Waals surface area (Å²) in [5, 5.41) is 16.2. The quantitative estimate of drug-likeness (QED) is 0.358. The van der Waals surface area contributed by atoms with Crippen LogP contribution < -0.4 is 5.56 Å². The van der Waals surface area contributed by atoms with Gasteiger partial charge in [-0.3, -0.25) is 19.6 Å². The van der Waals surface area contributed by atoms with Crippen LogP contribution in [0.4, 0.5) is 0 Å². The van der Waals surface area contributed by atoms with Gasteiger partial charge in [-0.15, -0.1) is 0 Å². The molecule has 36 heavy (non-hydrogen) atoms. The summed E-state index contributed by atoms with van der Waals surface area (Å²) >= 11 is 6.12. The Morgan fingerprint density at radius 2 is 1.58 bits per heavy atom. The maximum Gasteiger partial charge on any atom is 0.269 e. The fourth-order valence-corrected chi connectivity index (χ4v) is 4.39. The van der Waals surface area contributed by atoms with E-state index in [1.807, 2.05) is 66.7 Å². The summed E-state index contributed by atoms with van der Waals surface area (Å²) < 4.78 is 3.27. The van der Waals surface area contributed by atoms with Crippen molar-refractivity contribution in [2.75, 3.05) is 6.54 Å². The number of aromatic nitrogens is 4. The molecule has 0 saturated heterocycles. The van der Waals surface area contributed by atoms with E-state index in [0.29, 0.717) is 34.1 Å². The predicted molar refractivity (Wildman–Crippen MR) is 141 cm³/mol. The molecule has 1 N–H and O–H groups in total. The summed E-state index contributed by atoms with van der Waals surface area (Å²) in [5.41, 5.74) is 4.52. The van der Waals surface area contributed by atoms with Crippen LogP contribution in [-0.4, -0.2) is 36.1 Å². The van der Waals surface area contributed by atoms with Gasteiger partial charge in [0, 0.05) is 16.8 Å². The summed E-state index contributed by atoms with van der Waals surface area (Å²) in [6.07, 6.45) is 6.98. The lowest BCUT2D eigenvalue weighted by atomic mass is 10.0. The largest absolute Gasteiger partial charge is 0.289 e. The third-order valence-electron chi connectivity index (χ3n) is 6.09. The average Bonchev–Trinajstić information content (AvgIpc) is 3.35. The minimum atomic E-state index is -0.218. The van der Waals surface area contributed by atoms with Gasteiger partial charge >= 0.3 is 0 Å². The lowest BCUT2D eigenvalue weighted by molar-refractivity contribution is -0.0299. The molecule has 2 aromatic heterocycles. The molecule has 1 aliphatic rings. The van der Waals surface area contributed by atoms with E-state index in [1.54, 1.807) is 45.9 Å². The summed E-state index contributed by atoms with van der Waals surface area (Å²) in [6.45, 7) is 0.422. The Morgan fingerprint density at radius 3 is 2.28 bits per heavy atom. The molecule has 0 atom stereocenters. The van der Waals surface area contributed by atoms with E-state index in [9.17, 15) is 10.0 Å². The van der Waals surface area contributed by atoms with Crippen molar-refractivity contribution in [2.45, 2.75) is 0 Å². The Hall–Kier alpha value is -4.46. The highest BCUT2D eigenvalue weighted by Crippen LogP contribution is 2.27. The van der Waals surface area contributed by atoms with Crippen molar-refractivity contribution in [1.29, 1.82) is 0 Å². The number of rotatable bonds is 4. The highest BCUT2D eigenvalue weighted by molar-refractivity contribution is 6.30. The lowest BCUT2D eigenvalue weighted by Gasteiger charge is -2.16. The molecule has 1 aliphatic heterocycles. The molecule has 6 rings (SSSR count). The molecule has 0 saturated carbocycles. The van der Waals surface area contributed by atoms with Crippen LogP contribution in [0.1, 0.15) is 5.56 Å². The SMILES string of the molecule is O=c1c2cnn(-c3ccccc3)c2nc(-c2ccc(C3=CCN(O)C=C3)cc2)n1-c1ccc(Cl)cc1. The molecule has 0 bridgehead atoms. The van der Waals surface area contributed by atoms with Crippen molar-refractivity contribution in [3.8, 4) is 22.8 Å². The first-order chi connectivity index (χ1) is 17.6. The van der Waals surface area contributed by atoms with E-state index < -0.39 is 0 Å². The lowest BCUT2D eigenvalue weighted by Crippen LogP contribution is -2.22. The molecule has 8 heteroatoms. The Kier molecular flexibility index (Phi) is 5.48. The Morgan fingerprint density at radius 1 is 0.861 bits per heavy atom. The first kappa shape index (κ1) is 22.0. The Bertz CT molecular complexity index is 1690. The van der Waals surface area contributed by atoms with Crippen LogP contribution in [-0.2, 0) is 0 Å². The smallest absolute Gasteiger partial charge is 0.269 e. The van der Waals surface area contributed by atoms with Crippen molar-refractivity contribution in [3.05, 3.63) is 124 Å². The van der Waals surface area contributed by atoms with Crippen molar-refractivity contribution in [1.82, 2.24) is 24.4 Å². The zero-order valence-electron chi connectivity index (χ0n) is 19.0. The maximum atomic E-state index is 13.8. The Labute approximate surface area is 211 Å². The van der Waals surface area contributed by atoms with E-state index in [4.69, 9.17) is 16.6 Å². The van der Waals surface area contributed by atoms with E-state index in [2.05, 4.69) is 5.10 Å². The van der Waals surface area contributed by atoms with E-state index in [0.717, 1.165) is 27.5 Å². The molecule has 3 heterocycles. The number of hydrogen-bond donors (Lipinski definition) is 1. The van der Waals surface area contributed by atoms with Crippen molar-refractivity contribution in [2.24, 2.45) is 0 Å². The topological polar surface area (TPSA) is 76.2 Å². The Balaban J connectivity index is 1.55. The summed E-state index contributed by atoms with van der Waals surface area (Å²) in [4.78, 5) is 18.7. The van der Waals surface area contributed by atoms with Gasteiger partial charge in [0.25, 0.3) is 5.56 Å². The van der Waals surface area contributed by atoms with Gasteiger partial charge in [-0.25, -0.2) is 9.67 Å². The molecule has 0 fully saturated rings. The van der Waals surface area contributed by atoms with Crippen LogP contribution >= 0.6 is 11.6 Å². The molecule has 0 amide bonds. The highest BCUT2D eigenvalue weighted by Gasteiger charge is 2.19. The van der Waals surface area contributed by atoms with Gasteiger partial charge in [-0.2, -0.15) is 5.10 Å². The molecule has 0 unspecified atom stereocenters. The van der Waals surface area contributed by atoms with Gasteiger partial charge in [-0.05, 0) is 53.6 Å². The molecule has 0 aliphatic carbocycles. The van der Waals surface area contributed by atoms with Crippen LogP contribution in [0.15, 0.2) is 108 Å². The van der Waals surface area contributed by atoms with Gasteiger partial charge < -0.3 is 0 Å². The molecule has 0 radical (unpaired) electrons. The van der Waals surface area contributed by atoms with Crippen molar-refractivity contribution in [3.63, 3.8) is 0 Å². The second kappa shape index (κ2) is 8.96. The first-order valence-corrected chi connectivity index (χ1v) is 11.7. The zero-order chi connectivity index (χ0) is 24.6. The zero-order valence-corrected chi connectivity index (χ0v) is 19.7. The summed E-state index contributed by atoms with van der Waals surface area (Å²) in [6, 6.07) is 24.6. The second-order valence-corrected chi connectivity index (χ2v) is 8.79. The maximum absolute atomic E-state index is 13.8. The average molecular weight is 494 g/mol. The molecule has 3 aromatic carbocycles. The van der Waals surface area contributed by atoms with Crippen LogP contribution in [0, 0.1) is 0 Å². The molecule has 7 nitrogen and oxygen atoms in total. The monoisotopic (exact) mass is 493 g/mol. The first-order valence-electron chi connectivity index (χ1n) is 11.4. The third kappa shape index (κ3) is 3.90. The summed E-state index contributed by atoms with van der Waals surface area (Å²) in [7, 11) is 0. The molecule has 176 valence electrons. The fourth-order valence-electron chi connectivity index (χ4n) is 4.26. The normalized spacial score (nSPS) is 13.3. The molecular weight excluding hydrogens is 474 g/mol. The van der Waals surface area contributed by atoms with Gasteiger partial charge in [0.15, 0.2) is 5.65 Å².